The Morgan fingerprint density at radius 3 is 2.64 bits per heavy atom. The standard InChI is InChI=1S/C13H15N5O4/c1-3-22-13(20)12(19)14-8-11-15-16-17-18(11)9-4-6-10(21-2)7-5-9/h4-7H,3,8H2,1-2H3,(H,14,19). The highest BCUT2D eigenvalue weighted by molar-refractivity contribution is 6.32. The average Bonchev–Trinajstić information content (AvgIpc) is 3.01. The number of rotatable bonds is 5. The third-order valence-electron chi connectivity index (χ3n) is 2.72. The molecule has 0 radical (unpaired) electrons. The van der Waals surface area contributed by atoms with Crippen LogP contribution in [0, 0.1) is 0 Å². The van der Waals surface area contributed by atoms with Crippen LogP contribution < -0.4 is 10.1 Å². The van der Waals surface area contributed by atoms with Gasteiger partial charge in [0.1, 0.15) is 5.75 Å². The molecule has 1 aromatic heterocycles. The molecule has 0 bridgehead atoms. The van der Waals surface area contributed by atoms with Crippen molar-refractivity contribution < 1.29 is 19.1 Å². The van der Waals surface area contributed by atoms with E-state index in [4.69, 9.17) is 4.74 Å². The largest absolute Gasteiger partial charge is 0.497 e. The lowest BCUT2D eigenvalue weighted by molar-refractivity contribution is -0.154. The van der Waals surface area contributed by atoms with E-state index in [1.807, 2.05) is 0 Å². The first-order valence-corrected chi connectivity index (χ1v) is 6.52. The number of carbonyl (C=O) groups excluding carboxylic acids is 2. The van der Waals surface area contributed by atoms with Crippen molar-refractivity contribution in [2.24, 2.45) is 0 Å². The zero-order valence-corrected chi connectivity index (χ0v) is 12.1. The van der Waals surface area contributed by atoms with E-state index in [1.165, 1.54) is 4.68 Å². The van der Waals surface area contributed by atoms with Crippen LogP contribution in [-0.2, 0) is 20.9 Å². The molecule has 2 aromatic rings. The molecule has 0 fully saturated rings. The molecule has 0 aliphatic carbocycles. The fraction of sp³-hybridized carbons (Fsp3) is 0.308. The second kappa shape index (κ2) is 7.16. The molecule has 0 saturated heterocycles. The SMILES string of the molecule is CCOC(=O)C(=O)NCc1nnnn1-c1ccc(OC)cc1. The number of esters is 1. The molecule has 116 valence electrons. The van der Waals surface area contributed by atoms with Gasteiger partial charge in [0.15, 0.2) is 5.82 Å². The Morgan fingerprint density at radius 1 is 1.27 bits per heavy atom. The Hall–Kier alpha value is -2.97. The second-order valence-electron chi connectivity index (χ2n) is 4.11. The van der Waals surface area contributed by atoms with E-state index in [-0.39, 0.29) is 13.2 Å². The summed E-state index contributed by atoms with van der Waals surface area (Å²) in [6.07, 6.45) is 0. The predicted molar refractivity (Wildman–Crippen MR) is 74.2 cm³/mol. The average molecular weight is 305 g/mol. The molecule has 0 saturated carbocycles. The first-order valence-electron chi connectivity index (χ1n) is 6.52. The highest BCUT2D eigenvalue weighted by Crippen LogP contribution is 2.14. The summed E-state index contributed by atoms with van der Waals surface area (Å²) in [7, 11) is 1.57. The third kappa shape index (κ3) is 3.57. The number of nitrogens with zero attached hydrogens (tertiary/aromatic N) is 4. The van der Waals surface area contributed by atoms with Gasteiger partial charge in [-0.05, 0) is 41.6 Å². The summed E-state index contributed by atoms with van der Waals surface area (Å²) in [6, 6.07) is 7.06. The van der Waals surface area contributed by atoms with E-state index in [0.717, 1.165) is 0 Å². The summed E-state index contributed by atoms with van der Waals surface area (Å²) < 4.78 is 11.1. The van der Waals surface area contributed by atoms with E-state index in [2.05, 4.69) is 25.6 Å². The van der Waals surface area contributed by atoms with Gasteiger partial charge >= 0.3 is 11.9 Å². The molecule has 0 spiro atoms. The lowest BCUT2D eigenvalue weighted by Crippen LogP contribution is -2.32. The van der Waals surface area contributed by atoms with Gasteiger partial charge in [0.05, 0.1) is 25.9 Å². The molecule has 0 aliphatic rings. The van der Waals surface area contributed by atoms with Crippen LogP contribution in [0.4, 0.5) is 0 Å². The van der Waals surface area contributed by atoms with Crippen molar-refractivity contribution >= 4 is 11.9 Å². The zero-order valence-electron chi connectivity index (χ0n) is 12.1. The molecule has 9 heteroatoms. The molecule has 1 aromatic carbocycles. The van der Waals surface area contributed by atoms with Crippen molar-refractivity contribution in [3.8, 4) is 11.4 Å². The first-order chi connectivity index (χ1) is 10.7. The van der Waals surface area contributed by atoms with Gasteiger partial charge in [0, 0.05) is 0 Å². The van der Waals surface area contributed by atoms with Crippen LogP contribution in [0.15, 0.2) is 24.3 Å². The Labute approximate surface area is 126 Å². The second-order valence-corrected chi connectivity index (χ2v) is 4.11. The Bertz CT molecular complexity index is 653. The fourth-order valence-electron chi connectivity index (χ4n) is 1.67. The van der Waals surface area contributed by atoms with Gasteiger partial charge in [-0.15, -0.1) is 5.10 Å². The topological polar surface area (TPSA) is 108 Å². The zero-order chi connectivity index (χ0) is 15.9. The smallest absolute Gasteiger partial charge is 0.396 e. The number of amides is 1. The van der Waals surface area contributed by atoms with Crippen LogP contribution in [-0.4, -0.2) is 45.8 Å². The third-order valence-corrected chi connectivity index (χ3v) is 2.72. The summed E-state index contributed by atoms with van der Waals surface area (Å²) in [5, 5.41) is 13.6. The molecule has 1 amide bonds. The van der Waals surface area contributed by atoms with Gasteiger partial charge in [-0.2, -0.15) is 4.68 Å². The molecular formula is C13H15N5O4. The predicted octanol–water partition coefficient (Wildman–Crippen LogP) is -0.150. The summed E-state index contributed by atoms with van der Waals surface area (Å²) >= 11 is 0. The summed E-state index contributed by atoms with van der Waals surface area (Å²) in [4.78, 5) is 22.7. The van der Waals surface area contributed by atoms with E-state index in [1.54, 1.807) is 38.3 Å². The van der Waals surface area contributed by atoms with Crippen molar-refractivity contribution in [3.05, 3.63) is 30.1 Å². The van der Waals surface area contributed by atoms with Crippen LogP contribution in [0.3, 0.4) is 0 Å². The highest BCUT2D eigenvalue weighted by Gasteiger charge is 2.16. The molecule has 0 atom stereocenters. The van der Waals surface area contributed by atoms with Crippen LogP contribution in [0.25, 0.3) is 5.69 Å². The normalized spacial score (nSPS) is 10.1. The first kappa shape index (κ1) is 15.4. The lowest BCUT2D eigenvalue weighted by Gasteiger charge is -2.06. The molecular weight excluding hydrogens is 290 g/mol. The number of aromatic nitrogens is 4. The Balaban J connectivity index is 2.06. The van der Waals surface area contributed by atoms with Gasteiger partial charge in [0.25, 0.3) is 0 Å². The number of carbonyl (C=O) groups is 2. The minimum absolute atomic E-state index is 0.00330. The van der Waals surface area contributed by atoms with Crippen molar-refractivity contribution in [3.63, 3.8) is 0 Å². The Kier molecular flexibility index (Phi) is 5.02. The number of methoxy groups -OCH3 is 1. The summed E-state index contributed by atoms with van der Waals surface area (Å²) in [6.45, 7) is 1.75. The molecule has 0 unspecified atom stereocenters. The molecule has 9 nitrogen and oxygen atoms in total. The van der Waals surface area contributed by atoms with E-state index in [9.17, 15) is 9.59 Å². The molecule has 2 rings (SSSR count). The van der Waals surface area contributed by atoms with Crippen molar-refractivity contribution in [1.82, 2.24) is 25.5 Å². The fourth-order valence-corrected chi connectivity index (χ4v) is 1.67. The van der Waals surface area contributed by atoms with E-state index >= 15 is 0 Å². The van der Waals surface area contributed by atoms with Gasteiger partial charge in [-0.1, -0.05) is 0 Å². The van der Waals surface area contributed by atoms with Gasteiger partial charge in [0.2, 0.25) is 0 Å². The van der Waals surface area contributed by atoms with Crippen LogP contribution in [0.2, 0.25) is 0 Å². The maximum absolute atomic E-state index is 11.5. The lowest BCUT2D eigenvalue weighted by atomic mass is 10.3. The number of nitrogens with one attached hydrogen (secondary N) is 1. The van der Waals surface area contributed by atoms with Gasteiger partial charge in [-0.25, -0.2) is 4.79 Å². The molecule has 1 heterocycles. The minimum Gasteiger partial charge on any atom is -0.497 e. The quantitative estimate of drug-likeness (QED) is 0.604. The number of benzene rings is 1. The number of tetrazole rings is 1. The molecule has 0 aliphatic heterocycles. The minimum atomic E-state index is -0.939. The Morgan fingerprint density at radius 2 is 2.00 bits per heavy atom. The van der Waals surface area contributed by atoms with Crippen LogP contribution in [0.1, 0.15) is 12.7 Å². The van der Waals surface area contributed by atoms with Crippen LogP contribution >= 0.6 is 0 Å². The number of hydrogen-bond donors (Lipinski definition) is 1. The van der Waals surface area contributed by atoms with E-state index in [0.29, 0.717) is 17.3 Å². The number of ether oxygens (including phenoxy) is 2. The van der Waals surface area contributed by atoms with Gasteiger partial charge in [-0.3, -0.25) is 4.79 Å². The monoisotopic (exact) mass is 305 g/mol. The maximum atomic E-state index is 11.5. The van der Waals surface area contributed by atoms with Crippen molar-refractivity contribution in [2.45, 2.75) is 13.5 Å². The van der Waals surface area contributed by atoms with Gasteiger partial charge < -0.3 is 14.8 Å². The molecule has 1 N–H and O–H groups in total. The van der Waals surface area contributed by atoms with Crippen LogP contribution in [0.5, 0.6) is 5.75 Å². The van der Waals surface area contributed by atoms with E-state index < -0.39 is 11.9 Å². The number of hydrogen-bond acceptors (Lipinski definition) is 7. The van der Waals surface area contributed by atoms with Crippen molar-refractivity contribution in [1.29, 1.82) is 0 Å². The summed E-state index contributed by atoms with van der Waals surface area (Å²) in [5.41, 5.74) is 0.700. The summed E-state index contributed by atoms with van der Waals surface area (Å²) in [5.74, 6) is -0.700. The molecule has 22 heavy (non-hydrogen) atoms. The maximum Gasteiger partial charge on any atom is 0.396 e. The highest BCUT2D eigenvalue weighted by atomic mass is 16.5. The van der Waals surface area contributed by atoms with Crippen molar-refractivity contribution in [2.75, 3.05) is 13.7 Å².